The first-order valence-corrected chi connectivity index (χ1v) is 8.81. The Kier molecular flexibility index (Phi) is 5.04. The molecule has 1 saturated carbocycles. The van der Waals surface area contributed by atoms with Gasteiger partial charge < -0.3 is 4.90 Å². The normalized spacial score (nSPS) is 23.2. The molecule has 0 aromatic carbocycles. The Bertz CT molecular complexity index is 438. The highest BCUT2D eigenvalue weighted by atomic mass is 32.2. The fourth-order valence-corrected chi connectivity index (χ4v) is 4.63. The summed E-state index contributed by atoms with van der Waals surface area (Å²) in [5, 5.41) is 0. The zero-order valence-electron chi connectivity index (χ0n) is 12.4. The summed E-state index contributed by atoms with van der Waals surface area (Å²) in [7, 11) is -1.69. The fraction of sp³-hybridized carbons (Fsp3) is 0.923. The van der Waals surface area contributed by atoms with Gasteiger partial charge in [0.1, 0.15) is 0 Å². The van der Waals surface area contributed by atoms with E-state index >= 15 is 0 Å². The summed E-state index contributed by atoms with van der Waals surface area (Å²) in [5.74, 6) is 0.0164. The topological polar surface area (TPSA) is 60.9 Å². The van der Waals surface area contributed by atoms with E-state index in [1.165, 1.54) is 17.6 Å². The molecule has 0 aromatic heterocycles. The molecule has 7 heteroatoms. The van der Waals surface area contributed by atoms with Crippen LogP contribution in [0.4, 0.5) is 0 Å². The molecule has 1 heterocycles. The van der Waals surface area contributed by atoms with Crippen molar-refractivity contribution in [3.8, 4) is 0 Å². The zero-order valence-corrected chi connectivity index (χ0v) is 13.2. The third-order valence-corrected chi connectivity index (χ3v) is 6.51. The quantitative estimate of drug-likeness (QED) is 0.769. The van der Waals surface area contributed by atoms with Crippen molar-refractivity contribution in [3.63, 3.8) is 0 Å². The van der Waals surface area contributed by atoms with Gasteiger partial charge in [-0.2, -0.15) is 17.0 Å². The van der Waals surface area contributed by atoms with E-state index in [1.807, 2.05) is 0 Å². The van der Waals surface area contributed by atoms with Crippen LogP contribution in [0.5, 0.6) is 0 Å². The summed E-state index contributed by atoms with van der Waals surface area (Å²) >= 11 is 0. The molecule has 6 nitrogen and oxygen atoms in total. The molecule has 116 valence electrons. The molecule has 20 heavy (non-hydrogen) atoms. The Morgan fingerprint density at radius 1 is 1.05 bits per heavy atom. The van der Waals surface area contributed by atoms with Gasteiger partial charge in [0.2, 0.25) is 5.91 Å². The molecule has 0 aromatic rings. The summed E-state index contributed by atoms with van der Waals surface area (Å²) < 4.78 is 28.3. The highest BCUT2D eigenvalue weighted by Crippen LogP contribution is 2.25. The molecule has 0 spiro atoms. The number of amides is 1. The van der Waals surface area contributed by atoms with Crippen LogP contribution in [0.2, 0.25) is 0 Å². The third kappa shape index (κ3) is 3.32. The number of piperazine rings is 1. The van der Waals surface area contributed by atoms with Gasteiger partial charge in [0.05, 0.1) is 0 Å². The van der Waals surface area contributed by atoms with Crippen molar-refractivity contribution in [2.45, 2.75) is 45.1 Å². The highest BCUT2D eigenvalue weighted by molar-refractivity contribution is 7.86. The van der Waals surface area contributed by atoms with E-state index in [2.05, 4.69) is 0 Å². The molecule has 0 radical (unpaired) electrons. The van der Waals surface area contributed by atoms with Crippen LogP contribution >= 0.6 is 0 Å². The maximum absolute atomic E-state index is 12.6. The van der Waals surface area contributed by atoms with Gasteiger partial charge in [0.25, 0.3) is 10.2 Å². The number of rotatable bonds is 3. The standard InChI is InChI=1S/C13H25N3O3S/c1-12(17)15-8-10-16(11-9-15)20(18,19)14(2)13-6-4-3-5-7-13/h13H,3-11H2,1-2H3. The largest absolute Gasteiger partial charge is 0.340 e. The average molecular weight is 303 g/mol. The van der Waals surface area contributed by atoms with E-state index in [0.29, 0.717) is 26.2 Å². The number of hydrogen-bond acceptors (Lipinski definition) is 3. The molecule has 0 unspecified atom stereocenters. The SMILES string of the molecule is CC(=O)N1CCN(S(=O)(=O)N(C)C2CCCCC2)CC1. The van der Waals surface area contributed by atoms with Crippen LogP contribution in [0.1, 0.15) is 39.0 Å². The predicted molar refractivity (Wildman–Crippen MR) is 77.4 cm³/mol. The van der Waals surface area contributed by atoms with Gasteiger partial charge in [0.15, 0.2) is 0 Å². The second-order valence-electron chi connectivity index (χ2n) is 5.72. The van der Waals surface area contributed by atoms with Gasteiger partial charge in [-0.05, 0) is 12.8 Å². The molecule has 0 atom stereocenters. The molecule has 1 amide bonds. The van der Waals surface area contributed by atoms with E-state index in [1.54, 1.807) is 16.3 Å². The smallest absolute Gasteiger partial charge is 0.282 e. The second-order valence-corrected chi connectivity index (χ2v) is 7.71. The summed E-state index contributed by atoms with van der Waals surface area (Å²) in [6, 6.07) is 0.139. The number of carbonyl (C=O) groups is 1. The Labute approximate surface area is 121 Å². The highest BCUT2D eigenvalue weighted by Gasteiger charge is 2.34. The van der Waals surface area contributed by atoms with Crippen molar-refractivity contribution in [1.82, 2.24) is 13.5 Å². The Balaban J connectivity index is 1.98. The maximum Gasteiger partial charge on any atom is 0.282 e. The Hall–Kier alpha value is -0.660. The van der Waals surface area contributed by atoms with Crippen molar-refractivity contribution < 1.29 is 13.2 Å². The van der Waals surface area contributed by atoms with E-state index in [0.717, 1.165) is 25.7 Å². The summed E-state index contributed by atoms with van der Waals surface area (Å²) in [4.78, 5) is 13.0. The molecule has 1 aliphatic heterocycles. The minimum absolute atomic E-state index is 0.0164. The number of hydrogen-bond donors (Lipinski definition) is 0. The van der Waals surface area contributed by atoms with Crippen LogP contribution in [0.15, 0.2) is 0 Å². The van der Waals surface area contributed by atoms with E-state index in [4.69, 9.17) is 0 Å². The fourth-order valence-electron chi connectivity index (χ4n) is 3.05. The molecule has 0 bridgehead atoms. The number of nitrogens with zero attached hydrogens (tertiary/aromatic N) is 3. The van der Waals surface area contributed by atoms with E-state index < -0.39 is 10.2 Å². The first kappa shape index (κ1) is 15.7. The van der Waals surface area contributed by atoms with Crippen LogP contribution in [-0.2, 0) is 15.0 Å². The first-order chi connectivity index (χ1) is 9.43. The molecule has 0 N–H and O–H groups in total. The lowest BCUT2D eigenvalue weighted by Crippen LogP contribution is -2.54. The van der Waals surface area contributed by atoms with Crippen molar-refractivity contribution >= 4 is 16.1 Å². The Morgan fingerprint density at radius 2 is 1.60 bits per heavy atom. The lowest BCUT2D eigenvalue weighted by molar-refractivity contribution is -0.130. The maximum atomic E-state index is 12.6. The van der Waals surface area contributed by atoms with Crippen LogP contribution in [0.3, 0.4) is 0 Å². The van der Waals surface area contributed by atoms with Crippen LogP contribution < -0.4 is 0 Å². The number of carbonyl (C=O) groups excluding carboxylic acids is 1. The lowest BCUT2D eigenvalue weighted by Gasteiger charge is -2.38. The molecule has 2 rings (SSSR count). The monoisotopic (exact) mass is 303 g/mol. The average Bonchev–Trinajstić information content (AvgIpc) is 2.47. The predicted octanol–water partition coefficient (Wildman–Crippen LogP) is 0.660. The van der Waals surface area contributed by atoms with Crippen molar-refractivity contribution in [1.29, 1.82) is 0 Å². The van der Waals surface area contributed by atoms with Crippen LogP contribution in [0, 0.1) is 0 Å². The molecule has 1 saturated heterocycles. The summed E-state index contributed by atoms with van der Waals surface area (Å²) in [6.45, 7) is 3.32. The Morgan fingerprint density at radius 3 is 2.10 bits per heavy atom. The van der Waals surface area contributed by atoms with Gasteiger partial charge in [-0.15, -0.1) is 0 Å². The lowest BCUT2D eigenvalue weighted by atomic mass is 9.96. The van der Waals surface area contributed by atoms with Gasteiger partial charge in [-0.3, -0.25) is 4.79 Å². The van der Waals surface area contributed by atoms with E-state index in [-0.39, 0.29) is 11.9 Å². The molecule has 2 aliphatic rings. The summed E-state index contributed by atoms with van der Waals surface area (Å²) in [5.41, 5.74) is 0. The second kappa shape index (κ2) is 6.41. The minimum Gasteiger partial charge on any atom is -0.340 e. The zero-order chi connectivity index (χ0) is 14.8. The third-order valence-electron chi connectivity index (χ3n) is 4.46. The van der Waals surface area contributed by atoms with Crippen molar-refractivity contribution in [3.05, 3.63) is 0 Å². The van der Waals surface area contributed by atoms with E-state index in [9.17, 15) is 13.2 Å². The van der Waals surface area contributed by atoms with Gasteiger partial charge in [0, 0.05) is 46.2 Å². The minimum atomic E-state index is -3.38. The van der Waals surface area contributed by atoms with Gasteiger partial charge >= 0.3 is 0 Å². The molecular weight excluding hydrogens is 278 g/mol. The molecule has 2 fully saturated rings. The van der Waals surface area contributed by atoms with Crippen LogP contribution in [0.25, 0.3) is 0 Å². The van der Waals surface area contributed by atoms with Crippen LogP contribution in [-0.4, -0.2) is 67.1 Å². The summed E-state index contributed by atoms with van der Waals surface area (Å²) in [6.07, 6.45) is 5.36. The molecular formula is C13H25N3O3S. The van der Waals surface area contributed by atoms with Gasteiger partial charge in [-0.25, -0.2) is 0 Å². The van der Waals surface area contributed by atoms with Crippen molar-refractivity contribution in [2.24, 2.45) is 0 Å². The van der Waals surface area contributed by atoms with Gasteiger partial charge in [-0.1, -0.05) is 19.3 Å². The van der Waals surface area contributed by atoms with Crippen molar-refractivity contribution in [2.75, 3.05) is 33.2 Å². The first-order valence-electron chi connectivity index (χ1n) is 7.41. The molecule has 1 aliphatic carbocycles.